The fraction of sp³-hybridized carbons (Fsp3) is 0.538. The fourth-order valence-corrected chi connectivity index (χ4v) is 1.78. The van der Waals surface area contributed by atoms with Crippen LogP contribution in [0.15, 0.2) is 12.1 Å². The molecule has 4 heteroatoms. The Morgan fingerprint density at radius 1 is 1.24 bits per heavy atom. The number of hydrogen-bond donors (Lipinski definition) is 1. The van der Waals surface area contributed by atoms with E-state index in [9.17, 15) is 0 Å². The Hall–Kier alpha value is -1.26. The minimum Gasteiger partial charge on any atom is -0.497 e. The van der Waals surface area contributed by atoms with Crippen LogP contribution in [0.4, 0.5) is 0 Å². The summed E-state index contributed by atoms with van der Waals surface area (Å²) in [6.07, 6.45) is 0. The number of rotatable bonds is 6. The van der Waals surface area contributed by atoms with Crippen molar-refractivity contribution >= 4 is 0 Å². The first kappa shape index (κ1) is 13.8. The van der Waals surface area contributed by atoms with Crippen LogP contribution >= 0.6 is 0 Å². The van der Waals surface area contributed by atoms with Gasteiger partial charge in [0.15, 0.2) is 0 Å². The largest absolute Gasteiger partial charge is 0.497 e. The molecule has 0 atom stereocenters. The third kappa shape index (κ3) is 3.61. The predicted octanol–water partition coefficient (Wildman–Crippen LogP) is 1.44. The molecule has 0 bridgehead atoms. The quantitative estimate of drug-likeness (QED) is 0.815. The van der Waals surface area contributed by atoms with Crippen molar-refractivity contribution in [2.45, 2.75) is 13.5 Å². The van der Waals surface area contributed by atoms with Gasteiger partial charge in [0.2, 0.25) is 0 Å². The number of methoxy groups -OCH3 is 2. The number of aryl methyl sites for hydroxylation is 1. The van der Waals surface area contributed by atoms with Crippen molar-refractivity contribution in [1.82, 2.24) is 4.90 Å². The van der Waals surface area contributed by atoms with Crippen LogP contribution in [0.25, 0.3) is 0 Å². The average molecular weight is 239 g/mol. The van der Waals surface area contributed by atoms with E-state index < -0.39 is 0 Å². The smallest absolute Gasteiger partial charge is 0.127 e. The summed E-state index contributed by atoms with van der Waals surface area (Å²) in [5.41, 5.74) is 2.26. The molecule has 0 aliphatic heterocycles. The molecule has 0 saturated heterocycles. The third-order valence-electron chi connectivity index (χ3n) is 2.77. The number of aliphatic hydroxyl groups is 1. The van der Waals surface area contributed by atoms with Gasteiger partial charge >= 0.3 is 0 Å². The Labute approximate surface area is 103 Å². The summed E-state index contributed by atoms with van der Waals surface area (Å²) in [5.74, 6) is 1.62. The maximum Gasteiger partial charge on any atom is 0.127 e. The lowest BCUT2D eigenvalue weighted by atomic mass is 10.1. The van der Waals surface area contributed by atoms with Crippen LogP contribution in [-0.2, 0) is 6.54 Å². The van der Waals surface area contributed by atoms with E-state index in [2.05, 4.69) is 4.90 Å². The van der Waals surface area contributed by atoms with Gasteiger partial charge in [-0.15, -0.1) is 0 Å². The first-order valence-electron chi connectivity index (χ1n) is 5.63. The molecule has 0 spiro atoms. The molecule has 96 valence electrons. The summed E-state index contributed by atoms with van der Waals surface area (Å²) < 4.78 is 10.6. The van der Waals surface area contributed by atoms with Crippen LogP contribution in [-0.4, -0.2) is 44.4 Å². The predicted molar refractivity (Wildman–Crippen MR) is 67.7 cm³/mol. The zero-order valence-corrected chi connectivity index (χ0v) is 11.0. The van der Waals surface area contributed by atoms with Gasteiger partial charge in [-0.1, -0.05) is 0 Å². The van der Waals surface area contributed by atoms with E-state index in [1.807, 2.05) is 26.1 Å². The molecule has 0 aromatic heterocycles. The second kappa shape index (κ2) is 6.47. The molecule has 0 radical (unpaired) electrons. The lowest BCUT2D eigenvalue weighted by Gasteiger charge is -2.19. The van der Waals surface area contributed by atoms with Crippen LogP contribution in [0.2, 0.25) is 0 Å². The molecule has 0 heterocycles. The van der Waals surface area contributed by atoms with Crippen molar-refractivity contribution < 1.29 is 14.6 Å². The van der Waals surface area contributed by atoms with Gasteiger partial charge in [-0.2, -0.15) is 0 Å². The molecular weight excluding hydrogens is 218 g/mol. The number of nitrogens with zero attached hydrogens (tertiary/aromatic N) is 1. The first-order chi connectivity index (χ1) is 8.12. The summed E-state index contributed by atoms with van der Waals surface area (Å²) in [6.45, 7) is 3.59. The Balaban J connectivity index is 2.97. The first-order valence-corrected chi connectivity index (χ1v) is 5.63. The monoisotopic (exact) mass is 239 g/mol. The highest BCUT2D eigenvalue weighted by Gasteiger charge is 2.11. The van der Waals surface area contributed by atoms with Gasteiger partial charge in [0.05, 0.1) is 20.8 Å². The van der Waals surface area contributed by atoms with Gasteiger partial charge in [0.1, 0.15) is 11.5 Å². The highest BCUT2D eigenvalue weighted by atomic mass is 16.5. The third-order valence-corrected chi connectivity index (χ3v) is 2.77. The molecule has 0 aliphatic rings. The normalized spacial score (nSPS) is 10.7. The van der Waals surface area contributed by atoms with Gasteiger partial charge < -0.3 is 14.6 Å². The van der Waals surface area contributed by atoms with Crippen LogP contribution < -0.4 is 9.47 Å². The van der Waals surface area contributed by atoms with E-state index in [0.29, 0.717) is 6.54 Å². The van der Waals surface area contributed by atoms with Crippen molar-refractivity contribution in [2.75, 3.05) is 34.4 Å². The van der Waals surface area contributed by atoms with Gasteiger partial charge in [-0.05, 0) is 25.6 Å². The van der Waals surface area contributed by atoms with E-state index in [0.717, 1.165) is 29.2 Å². The van der Waals surface area contributed by atoms with E-state index in [1.54, 1.807) is 14.2 Å². The molecular formula is C13H21NO3. The average Bonchev–Trinajstić information content (AvgIpc) is 2.31. The van der Waals surface area contributed by atoms with E-state index in [1.165, 1.54) is 0 Å². The molecule has 1 N–H and O–H groups in total. The standard InChI is InChI=1S/C13H21NO3/c1-10-7-11(16-3)8-13(17-4)12(10)9-14(2)5-6-15/h7-8,15H,5-6,9H2,1-4H3. The highest BCUT2D eigenvalue weighted by molar-refractivity contribution is 5.46. The Morgan fingerprint density at radius 2 is 1.94 bits per heavy atom. The molecule has 17 heavy (non-hydrogen) atoms. The molecule has 1 rings (SSSR count). The summed E-state index contributed by atoms with van der Waals surface area (Å²) in [6, 6.07) is 3.87. The molecule has 0 amide bonds. The maximum absolute atomic E-state index is 8.90. The van der Waals surface area contributed by atoms with E-state index in [4.69, 9.17) is 14.6 Å². The SMILES string of the molecule is COc1cc(C)c(CN(C)CCO)c(OC)c1. The number of benzene rings is 1. The van der Waals surface area contributed by atoms with Crippen LogP contribution in [0, 0.1) is 6.92 Å². The minimum absolute atomic E-state index is 0.161. The second-order valence-corrected chi connectivity index (χ2v) is 4.09. The van der Waals surface area contributed by atoms with Gasteiger partial charge in [0, 0.05) is 24.7 Å². The molecule has 4 nitrogen and oxygen atoms in total. The summed E-state index contributed by atoms with van der Waals surface area (Å²) in [7, 11) is 5.27. The van der Waals surface area contributed by atoms with Gasteiger partial charge in [-0.25, -0.2) is 0 Å². The Morgan fingerprint density at radius 3 is 2.47 bits per heavy atom. The van der Waals surface area contributed by atoms with Crippen molar-refractivity contribution in [1.29, 1.82) is 0 Å². The van der Waals surface area contributed by atoms with E-state index >= 15 is 0 Å². The second-order valence-electron chi connectivity index (χ2n) is 4.09. The molecule has 0 aliphatic carbocycles. The molecule has 0 saturated carbocycles. The molecule has 0 fully saturated rings. The van der Waals surface area contributed by atoms with Crippen molar-refractivity contribution in [3.8, 4) is 11.5 Å². The fourth-order valence-electron chi connectivity index (χ4n) is 1.78. The van der Waals surface area contributed by atoms with Gasteiger partial charge in [-0.3, -0.25) is 4.90 Å². The minimum atomic E-state index is 0.161. The summed E-state index contributed by atoms with van der Waals surface area (Å²) in [4.78, 5) is 2.05. The summed E-state index contributed by atoms with van der Waals surface area (Å²) >= 11 is 0. The van der Waals surface area contributed by atoms with E-state index in [-0.39, 0.29) is 6.61 Å². The van der Waals surface area contributed by atoms with Crippen molar-refractivity contribution in [2.24, 2.45) is 0 Å². The van der Waals surface area contributed by atoms with Gasteiger partial charge in [0.25, 0.3) is 0 Å². The lowest BCUT2D eigenvalue weighted by molar-refractivity contribution is 0.215. The maximum atomic E-state index is 8.90. The number of aliphatic hydroxyl groups excluding tert-OH is 1. The number of hydrogen-bond acceptors (Lipinski definition) is 4. The van der Waals surface area contributed by atoms with Crippen LogP contribution in [0.1, 0.15) is 11.1 Å². The molecule has 1 aromatic rings. The Kier molecular flexibility index (Phi) is 5.25. The van der Waals surface area contributed by atoms with Crippen LogP contribution in [0.5, 0.6) is 11.5 Å². The zero-order valence-electron chi connectivity index (χ0n) is 11.0. The number of ether oxygens (including phenoxy) is 2. The Bertz CT molecular complexity index is 366. The lowest BCUT2D eigenvalue weighted by Crippen LogP contribution is -2.22. The van der Waals surface area contributed by atoms with Crippen molar-refractivity contribution in [3.05, 3.63) is 23.3 Å². The number of likely N-dealkylation sites (N-methyl/N-ethyl adjacent to an activating group) is 1. The molecule has 1 aromatic carbocycles. The van der Waals surface area contributed by atoms with Crippen molar-refractivity contribution in [3.63, 3.8) is 0 Å². The molecule has 0 unspecified atom stereocenters. The highest BCUT2D eigenvalue weighted by Crippen LogP contribution is 2.29. The zero-order chi connectivity index (χ0) is 12.8. The summed E-state index contributed by atoms with van der Waals surface area (Å²) in [5, 5.41) is 8.90. The van der Waals surface area contributed by atoms with Crippen LogP contribution in [0.3, 0.4) is 0 Å². The topological polar surface area (TPSA) is 41.9 Å².